The Morgan fingerprint density at radius 3 is 2.66 bits per heavy atom. The second-order valence-electron chi connectivity index (χ2n) is 8.58. The molecule has 3 aliphatic rings. The van der Waals surface area contributed by atoms with Gasteiger partial charge in [-0.1, -0.05) is 11.6 Å². The predicted octanol–water partition coefficient (Wildman–Crippen LogP) is 2.31. The number of hydrogen-bond donors (Lipinski definition) is 1. The number of amides is 1. The van der Waals surface area contributed by atoms with Crippen molar-refractivity contribution in [1.29, 1.82) is 0 Å². The number of piperidine rings is 1. The molecule has 2 aromatic rings. The molecule has 7 nitrogen and oxygen atoms in total. The molecule has 29 heavy (non-hydrogen) atoms. The first-order chi connectivity index (χ1) is 14.2. The number of carbonyl (C=O) groups excluding carboxylic acids is 1. The van der Waals surface area contributed by atoms with Crippen LogP contribution in [0.4, 0.5) is 5.69 Å². The van der Waals surface area contributed by atoms with Gasteiger partial charge in [0.05, 0.1) is 12.1 Å². The number of fused-ring (bicyclic) bond motifs is 1. The van der Waals surface area contributed by atoms with Crippen molar-refractivity contribution in [2.24, 2.45) is 0 Å². The highest BCUT2D eigenvalue weighted by atomic mass is 16.2. The van der Waals surface area contributed by atoms with E-state index in [0.29, 0.717) is 5.92 Å². The van der Waals surface area contributed by atoms with E-state index in [1.807, 2.05) is 4.90 Å². The summed E-state index contributed by atoms with van der Waals surface area (Å²) in [5.41, 5.74) is 3.13. The summed E-state index contributed by atoms with van der Waals surface area (Å²) in [6.07, 6.45) is 4.35. The molecular weight excluding hydrogens is 364 g/mol. The number of rotatable bonds is 3. The first-order valence-corrected chi connectivity index (χ1v) is 11.0. The van der Waals surface area contributed by atoms with Crippen LogP contribution in [0.25, 0.3) is 0 Å². The third-order valence-electron chi connectivity index (χ3n) is 6.63. The molecule has 0 bridgehead atoms. The molecule has 2 fully saturated rings. The van der Waals surface area contributed by atoms with Crippen molar-refractivity contribution in [3.8, 4) is 0 Å². The van der Waals surface area contributed by atoms with Gasteiger partial charge in [-0.05, 0) is 44.7 Å². The Bertz CT molecular complexity index is 893. The van der Waals surface area contributed by atoms with E-state index in [4.69, 9.17) is 0 Å². The maximum Gasteiger partial charge on any atom is 0.255 e. The lowest BCUT2D eigenvalue weighted by molar-refractivity contribution is 0.0710. The van der Waals surface area contributed by atoms with Crippen molar-refractivity contribution < 1.29 is 4.79 Å². The lowest BCUT2D eigenvalue weighted by Crippen LogP contribution is -2.39. The highest BCUT2D eigenvalue weighted by Crippen LogP contribution is 2.31. The second kappa shape index (κ2) is 7.78. The van der Waals surface area contributed by atoms with Crippen LogP contribution in [-0.4, -0.2) is 58.3 Å². The topological polar surface area (TPSA) is 66.3 Å². The van der Waals surface area contributed by atoms with E-state index in [9.17, 15) is 4.79 Å². The maximum atomic E-state index is 13.4. The van der Waals surface area contributed by atoms with Crippen molar-refractivity contribution in [3.05, 3.63) is 41.0 Å². The van der Waals surface area contributed by atoms with E-state index < -0.39 is 0 Å². The van der Waals surface area contributed by atoms with Crippen LogP contribution in [-0.2, 0) is 13.1 Å². The Kier molecular flexibility index (Phi) is 4.99. The van der Waals surface area contributed by atoms with Crippen LogP contribution in [0.5, 0.6) is 0 Å². The summed E-state index contributed by atoms with van der Waals surface area (Å²) in [6.45, 7) is 8.48. The first kappa shape index (κ1) is 18.6. The standard InChI is InChI=1S/C22H30N6O/c1-16-4-5-19(26-9-2-3-10-26)18(14-16)22(29)27-11-6-17(7-12-27)21-25-24-20-15-23-8-13-28(20)21/h4-5,14,17,23H,2-3,6-13,15H2,1H3. The molecule has 1 aromatic carbocycles. The Balaban J connectivity index is 1.31. The summed E-state index contributed by atoms with van der Waals surface area (Å²) in [5, 5.41) is 12.2. The quantitative estimate of drug-likeness (QED) is 0.865. The van der Waals surface area contributed by atoms with E-state index in [-0.39, 0.29) is 5.91 Å². The third kappa shape index (κ3) is 3.52. The van der Waals surface area contributed by atoms with Crippen molar-refractivity contribution in [2.45, 2.75) is 51.6 Å². The normalized spacial score (nSPS) is 20.2. The Hall–Kier alpha value is -2.41. The summed E-state index contributed by atoms with van der Waals surface area (Å²) in [7, 11) is 0. The smallest absolute Gasteiger partial charge is 0.255 e. The predicted molar refractivity (Wildman–Crippen MR) is 112 cm³/mol. The first-order valence-electron chi connectivity index (χ1n) is 11.0. The molecule has 1 N–H and O–H groups in total. The van der Waals surface area contributed by atoms with Crippen LogP contribution >= 0.6 is 0 Å². The molecule has 0 aliphatic carbocycles. The van der Waals surface area contributed by atoms with E-state index in [2.05, 4.69) is 50.1 Å². The summed E-state index contributed by atoms with van der Waals surface area (Å²) in [5.74, 6) is 2.73. The van der Waals surface area contributed by atoms with Crippen molar-refractivity contribution in [1.82, 2.24) is 25.0 Å². The Labute approximate surface area is 172 Å². The zero-order valence-corrected chi connectivity index (χ0v) is 17.2. The fourth-order valence-corrected chi connectivity index (χ4v) is 4.98. The minimum absolute atomic E-state index is 0.182. The minimum Gasteiger partial charge on any atom is -0.371 e. The van der Waals surface area contributed by atoms with Gasteiger partial charge >= 0.3 is 0 Å². The summed E-state index contributed by atoms with van der Waals surface area (Å²) in [6, 6.07) is 6.33. The van der Waals surface area contributed by atoms with E-state index in [1.165, 1.54) is 12.8 Å². The van der Waals surface area contributed by atoms with Crippen LogP contribution in [0.2, 0.25) is 0 Å². The van der Waals surface area contributed by atoms with Crippen molar-refractivity contribution >= 4 is 11.6 Å². The van der Waals surface area contributed by atoms with E-state index in [1.54, 1.807) is 0 Å². The average Bonchev–Trinajstić information content (AvgIpc) is 3.43. The minimum atomic E-state index is 0.182. The molecule has 0 spiro atoms. The van der Waals surface area contributed by atoms with Crippen LogP contribution in [0.15, 0.2) is 18.2 Å². The van der Waals surface area contributed by atoms with Gasteiger partial charge in [-0.3, -0.25) is 4.79 Å². The lowest BCUT2D eigenvalue weighted by atomic mass is 9.95. The van der Waals surface area contributed by atoms with Crippen molar-refractivity contribution in [3.63, 3.8) is 0 Å². The molecule has 0 saturated carbocycles. The highest BCUT2D eigenvalue weighted by molar-refractivity contribution is 6.00. The lowest BCUT2D eigenvalue weighted by Gasteiger charge is -2.33. The number of nitrogens with one attached hydrogen (secondary N) is 1. The number of anilines is 1. The number of likely N-dealkylation sites (tertiary alicyclic amines) is 1. The zero-order valence-electron chi connectivity index (χ0n) is 17.2. The fourth-order valence-electron chi connectivity index (χ4n) is 4.98. The van der Waals surface area contributed by atoms with Gasteiger partial charge in [-0.15, -0.1) is 10.2 Å². The number of carbonyl (C=O) groups is 1. The molecule has 1 amide bonds. The van der Waals surface area contributed by atoms with E-state index >= 15 is 0 Å². The second-order valence-corrected chi connectivity index (χ2v) is 8.58. The van der Waals surface area contributed by atoms with Gasteiger partial charge in [0.2, 0.25) is 0 Å². The number of hydrogen-bond acceptors (Lipinski definition) is 5. The molecule has 3 aliphatic heterocycles. The molecule has 154 valence electrons. The van der Waals surface area contributed by atoms with Gasteiger partial charge in [-0.2, -0.15) is 0 Å². The summed E-state index contributed by atoms with van der Waals surface area (Å²) < 4.78 is 2.28. The number of aryl methyl sites for hydroxylation is 1. The Morgan fingerprint density at radius 2 is 1.86 bits per heavy atom. The molecule has 0 atom stereocenters. The van der Waals surface area contributed by atoms with Crippen molar-refractivity contribution in [2.75, 3.05) is 37.6 Å². The van der Waals surface area contributed by atoms with Gasteiger partial charge in [0.25, 0.3) is 5.91 Å². The largest absolute Gasteiger partial charge is 0.371 e. The maximum absolute atomic E-state index is 13.4. The van der Waals surface area contributed by atoms with Gasteiger partial charge in [-0.25, -0.2) is 0 Å². The Morgan fingerprint density at radius 1 is 1.07 bits per heavy atom. The molecule has 2 saturated heterocycles. The number of benzene rings is 1. The fraction of sp³-hybridized carbons (Fsp3) is 0.591. The zero-order chi connectivity index (χ0) is 19.8. The van der Waals surface area contributed by atoms with Gasteiger partial charge in [0.1, 0.15) is 11.6 Å². The summed E-state index contributed by atoms with van der Waals surface area (Å²) in [4.78, 5) is 17.8. The SMILES string of the molecule is Cc1ccc(N2CCCC2)c(C(=O)N2CCC(c3nnc4n3CCNC4)CC2)c1. The van der Waals surface area contributed by atoms with Gasteiger partial charge in [0, 0.05) is 50.9 Å². The molecule has 0 radical (unpaired) electrons. The third-order valence-corrected chi connectivity index (χ3v) is 6.63. The van der Waals surface area contributed by atoms with Crippen LogP contribution < -0.4 is 10.2 Å². The summed E-state index contributed by atoms with van der Waals surface area (Å²) >= 11 is 0. The molecule has 5 rings (SSSR count). The van der Waals surface area contributed by atoms with Crippen LogP contribution in [0.1, 0.15) is 59.2 Å². The van der Waals surface area contributed by atoms with Gasteiger partial charge < -0.3 is 19.7 Å². The molecule has 4 heterocycles. The van der Waals surface area contributed by atoms with E-state index in [0.717, 1.165) is 87.1 Å². The van der Waals surface area contributed by atoms with Crippen LogP contribution in [0, 0.1) is 6.92 Å². The molecule has 7 heteroatoms. The van der Waals surface area contributed by atoms with Gasteiger partial charge in [0.15, 0.2) is 0 Å². The van der Waals surface area contributed by atoms with Crippen LogP contribution in [0.3, 0.4) is 0 Å². The number of aromatic nitrogens is 3. The monoisotopic (exact) mass is 394 g/mol. The number of nitrogens with zero attached hydrogens (tertiary/aromatic N) is 5. The molecular formula is C22H30N6O. The molecule has 0 unspecified atom stereocenters. The molecule has 1 aromatic heterocycles. The highest BCUT2D eigenvalue weighted by Gasteiger charge is 2.30. The average molecular weight is 395 g/mol.